The van der Waals surface area contributed by atoms with Crippen LogP contribution in [0.5, 0.6) is 0 Å². The number of rotatable bonds is 2. The molecule has 0 unspecified atom stereocenters. The van der Waals surface area contributed by atoms with Crippen molar-refractivity contribution in [3.63, 3.8) is 0 Å². The summed E-state index contributed by atoms with van der Waals surface area (Å²) in [4.78, 5) is 6.19. The third-order valence-corrected chi connectivity index (χ3v) is 4.65. The van der Waals surface area contributed by atoms with Crippen molar-refractivity contribution in [2.45, 2.75) is 16.7 Å². The van der Waals surface area contributed by atoms with Crippen LogP contribution >= 0.6 is 23.1 Å². The molecule has 0 spiro atoms. The molecule has 0 saturated heterocycles. The topological polar surface area (TPSA) is 38.9 Å². The minimum absolute atomic E-state index is 0.242. The highest BCUT2D eigenvalue weighted by Crippen LogP contribution is 2.36. The normalized spacial score (nSPS) is 11.1. The summed E-state index contributed by atoms with van der Waals surface area (Å²) >= 11 is 3.08. The molecule has 2 N–H and O–H groups in total. The van der Waals surface area contributed by atoms with Crippen molar-refractivity contribution in [1.29, 1.82) is 0 Å². The number of nitrogens with two attached hydrogens (primary N) is 1. The third-order valence-electron chi connectivity index (χ3n) is 2.65. The number of fused-ring (bicyclic) bond motifs is 1. The van der Waals surface area contributed by atoms with E-state index in [1.54, 1.807) is 17.4 Å². The van der Waals surface area contributed by atoms with E-state index in [0.29, 0.717) is 5.69 Å². The van der Waals surface area contributed by atoms with Crippen LogP contribution in [0.1, 0.15) is 5.01 Å². The van der Waals surface area contributed by atoms with Crippen LogP contribution in [-0.4, -0.2) is 4.98 Å². The van der Waals surface area contributed by atoms with Gasteiger partial charge in [-0.15, -0.1) is 11.3 Å². The second-order valence-electron chi connectivity index (χ2n) is 4.15. The highest BCUT2D eigenvalue weighted by Gasteiger charge is 2.08. The lowest BCUT2D eigenvalue weighted by Crippen LogP contribution is -1.88. The molecule has 0 radical (unpaired) electrons. The molecule has 5 heteroatoms. The van der Waals surface area contributed by atoms with Crippen LogP contribution in [-0.2, 0) is 0 Å². The Balaban J connectivity index is 2.02. The molecule has 2 nitrogen and oxygen atoms in total. The Morgan fingerprint density at radius 1 is 1.26 bits per heavy atom. The quantitative estimate of drug-likeness (QED) is 0.707. The zero-order valence-electron chi connectivity index (χ0n) is 10.2. The van der Waals surface area contributed by atoms with Crippen LogP contribution in [0.25, 0.3) is 10.2 Å². The number of aryl methyl sites for hydroxylation is 1. The van der Waals surface area contributed by atoms with Crippen LogP contribution in [0, 0.1) is 12.7 Å². The van der Waals surface area contributed by atoms with Crippen molar-refractivity contribution in [3.8, 4) is 0 Å². The van der Waals surface area contributed by atoms with Crippen LogP contribution in [0.15, 0.2) is 46.2 Å². The third kappa shape index (κ3) is 2.57. The second kappa shape index (κ2) is 4.83. The van der Waals surface area contributed by atoms with Gasteiger partial charge in [-0.3, -0.25) is 0 Å². The molecule has 96 valence electrons. The Bertz CT molecular complexity index is 752. The van der Waals surface area contributed by atoms with E-state index < -0.39 is 0 Å². The fourth-order valence-corrected chi connectivity index (χ4v) is 3.61. The maximum atomic E-state index is 13.2. The van der Waals surface area contributed by atoms with E-state index in [2.05, 4.69) is 4.98 Å². The number of hydrogen-bond acceptors (Lipinski definition) is 4. The number of benzene rings is 2. The summed E-state index contributed by atoms with van der Waals surface area (Å²) in [5, 5.41) is 1.02. The molecule has 3 rings (SSSR count). The van der Waals surface area contributed by atoms with Gasteiger partial charge in [-0.05, 0) is 37.3 Å². The van der Waals surface area contributed by atoms with Crippen LogP contribution in [0.4, 0.5) is 10.1 Å². The van der Waals surface area contributed by atoms with Crippen molar-refractivity contribution >= 4 is 39.0 Å². The molecule has 1 aromatic heterocycles. The molecule has 19 heavy (non-hydrogen) atoms. The van der Waals surface area contributed by atoms with Crippen molar-refractivity contribution in [3.05, 3.63) is 47.2 Å². The Morgan fingerprint density at radius 3 is 2.89 bits per heavy atom. The number of anilines is 1. The summed E-state index contributed by atoms with van der Waals surface area (Å²) in [6.45, 7) is 1.97. The van der Waals surface area contributed by atoms with Gasteiger partial charge < -0.3 is 5.73 Å². The molecule has 0 aliphatic heterocycles. The Morgan fingerprint density at radius 2 is 2.11 bits per heavy atom. The molecule has 0 amide bonds. The first-order chi connectivity index (χ1) is 9.11. The van der Waals surface area contributed by atoms with Gasteiger partial charge in [0, 0.05) is 15.5 Å². The summed E-state index contributed by atoms with van der Waals surface area (Å²) < 4.78 is 14.3. The zero-order valence-corrected chi connectivity index (χ0v) is 11.8. The highest BCUT2D eigenvalue weighted by molar-refractivity contribution is 7.99. The smallest absolute Gasteiger partial charge is 0.124 e. The maximum Gasteiger partial charge on any atom is 0.124 e. The summed E-state index contributed by atoms with van der Waals surface area (Å²) in [5.41, 5.74) is 7.69. The lowest BCUT2D eigenvalue weighted by Gasteiger charge is -2.05. The Kier molecular flexibility index (Phi) is 3.16. The van der Waals surface area contributed by atoms with Gasteiger partial charge in [-0.1, -0.05) is 17.8 Å². The molecule has 0 aliphatic carbocycles. The molecule has 2 aromatic carbocycles. The van der Waals surface area contributed by atoms with E-state index in [-0.39, 0.29) is 5.82 Å². The first kappa shape index (κ1) is 12.4. The first-order valence-electron chi connectivity index (χ1n) is 5.72. The van der Waals surface area contributed by atoms with Gasteiger partial charge >= 0.3 is 0 Å². The zero-order chi connectivity index (χ0) is 13.4. The van der Waals surface area contributed by atoms with E-state index in [4.69, 9.17) is 5.73 Å². The van der Waals surface area contributed by atoms with Crippen molar-refractivity contribution in [2.75, 3.05) is 5.73 Å². The van der Waals surface area contributed by atoms with Crippen molar-refractivity contribution < 1.29 is 4.39 Å². The van der Waals surface area contributed by atoms with Gasteiger partial charge in [-0.2, -0.15) is 0 Å². The number of aromatic nitrogens is 1. The standard InChI is InChI=1S/C14H11FN2S2/c1-8-17-12-7-13(11(16)6-14(12)18-8)19-10-4-2-3-9(15)5-10/h2-7H,16H2,1H3. The largest absolute Gasteiger partial charge is 0.398 e. The summed E-state index contributed by atoms with van der Waals surface area (Å²) in [6, 6.07) is 10.4. The molecule has 0 bridgehead atoms. The molecule has 0 aliphatic rings. The van der Waals surface area contributed by atoms with Crippen molar-refractivity contribution in [2.24, 2.45) is 0 Å². The predicted molar refractivity (Wildman–Crippen MR) is 79.3 cm³/mol. The second-order valence-corrected chi connectivity index (χ2v) is 6.50. The maximum absolute atomic E-state index is 13.2. The number of thiazole rings is 1. The fraction of sp³-hybridized carbons (Fsp3) is 0.0714. The lowest BCUT2D eigenvalue weighted by molar-refractivity contribution is 0.624. The van der Waals surface area contributed by atoms with Gasteiger partial charge in [0.25, 0.3) is 0 Å². The summed E-state index contributed by atoms with van der Waals surface area (Å²) in [6.07, 6.45) is 0. The van der Waals surface area contributed by atoms with E-state index in [0.717, 1.165) is 25.0 Å². The van der Waals surface area contributed by atoms with Gasteiger partial charge in [-0.25, -0.2) is 9.37 Å². The van der Waals surface area contributed by atoms with E-state index in [1.807, 2.05) is 25.1 Å². The van der Waals surface area contributed by atoms with Crippen LogP contribution in [0.2, 0.25) is 0 Å². The molecule has 0 fully saturated rings. The minimum atomic E-state index is -0.242. The van der Waals surface area contributed by atoms with Gasteiger partial charge in [0.2, 0.25) is 0 Å². The molecule has 0 atom stereocenters. The average molecular weight is 290 g/mol. The molecular weight excluding hydrogens is 279 g/mol. The SMILES string of the molecule is Cc1nc2cc(Sc3cccc(F)c3)c(N)cc2s1. The van der Waals surface area contributed by atoms with Gasteiger partial charge in [0.1, 0.15) is 5.82 Å². The number of nitrogen functional groups attached to an aromatic ring is 1. The number of nitrogens with zero attached hydrogens (tertiary/aromatic N) is 1. The van der Waals surface area contributed by atoms with E-state index in [1.165, 1.54) is 23.9 Å². The van der Waals surface area contributed by atoms with Crippen molar-refractivity contribution in [1.82, 2.24) is 4.98 Å². The summed E-state index contributed by atoms with van der Waals surface area (Å²) in [5.74, 6) is -0.242. The monoisotopic (exact) mass is 290 g/mol. The number of hydrogen-bond donors (Lipinski definition) is 1. The van der Waals surface area contributed by atoms with Crippen LogP contribution in [0.3, 0.4) is 0 Å². The van der Waals surface area contributed by atoms with E-state index >= 15 is 0 Å². The fourth-order valence-electron chi connectivity index (χ4n) is 1.83. The minimum Gasteiger partial charge on any atom is -0.398 e. The predicted octanol–water partition coefficient (Wildman–Crippen LogP) is 4.48. The Hall–Kier alpha value is -1.59. The van der Waals surface area contributed by atoms with Gasteiger partial charge in [0.15, 0.2) is 0 Å². The first-order valence-corrected chi connectivity index (χ1v) is 7.35. The lowest BCUT2D eigenvalue weighted by atomic mass is 10.3. The Labute approximate surface area is 118 Å². The molecule has 1 heterocycles. The number of halogens is 1. The average Bonchev–Trinajstić information content (AvgIpc) is 2.69. The molecule has 0 saturated carbocycles. The van der Waals surface area contributed by atoms with E-state index in [9.17, 15) is 4.39 Å². The molecular formula is C14H11FN2S2. The van der Waals surface area contributed by atoms with Crippen LogP contribution < -0.4 is 5.73 Å². The molecule has 3 aromatic rings. The van der Waals surface area contributed by atoms with Gasteiger partial charge in [0.05, 0.1) is 15.2 Å². The highest BCUT2D eigenvalue weighted by atomic mass is 32.2. The summed E-state index contributed by atoms with van der Waals surface area (Å²) in [7, 11) is 0.